The fourth-order valence-corrected chi connectivity index (χ4v) is 2.58. The fraction of sp³-hybridized carbons (Fsp3) is 0.556. The molecular formula is C9H16N4O3S. The van der Waals surface area contributed by atoms with Gasteiger partial charge in [-0.1, -0.05) is 13.8 Å². The van der Waals surface area contributed by atoms with Crippen molar-refractivity contribution in [3.8, 4) is 0 Å². The van der Waals surface area contributed by atoms with Crippen molar-refractivity contribution in [2.45, 2.75) is 13.8 Å². The Morgan fingerprint density at radius 3 is 2.65 bits per heavy atom. The highest BCUT2D eigenvalue weighted by molar-refractivity contribution is 7.87. The number of amidine groups is 1. The largest absolute Gasteiger partial charge is 0.355 e. The van der Waals surface area contributed by atoms with E-state index in [1.807, 2.05) is 13.8 Å². The van der Waals surface area contributed by atoms with Crippen LogP contribution in [0.1, 0.15) is 13.8 Å². The van der Waals surface area contributed by atoms with Crippen molar-refractivity contribution in [3.63, 3.8) is 0 Å². The first-order valence-electron chi connectivity index (χ1n) is 5.10. The van der Waals surface area contributed by atoms with Gasteiger partial charge in [0.25, 0.3) is 5.91 Å². The van der Waals surface area contributed by atoms with Crippen molar-refractivity contribution in [2.24, 2.45) is 5.92 Å². The number of hydrogen-bond acceptors (Lipinski definition) is 4. The molecule has 1 rings (SSSR count). The van der Waals surface area contributed by atoms with E-state index in [-0.39, 0.29) is 23.9 Å². The highest BCUT2D eigenvalue weighted by Crippen LogP contribution is 2.14. The number of rotatable bonds is 3. The molecule has 0 spiro atoms. The van der Waals surface area contributed by atoms with Crippen LogP contribution in [0, 0.1) is 11.3 Å². The van der Waals surface area contributed by atoms with Crippen molar-refractivity contribution < 1.29 is 13.2 Å². The molecule has 0 atom stereocenters. The predicted octanol–water partition coefficient (Wildman–Crippen LogP) is -0.600. The molecule has 1 aliphatic heterocycles. The number of nitrogens with one attached hydrogen (secondary N) is 3. The van der Waals surface area contributed by atoms with Crippen molar-refractivity contribution in [2.75, 3.05) is 13.6 Å². The molecule has 0 aromatic heterocycles. The summed E-state index contributed by atoms with van der Waals surface area (Å²) in [5.74, 6) is -0.751. The standard InChI is InChI=1S/C9H16N4O3S/c1-6(2)5-13-8(10)7(9(14)11-3)4-12-17(13,15)16/h4,6,10,12H,5H2,1-3H3,(H,11,14). The molecule has 0 saturated heterocycles. The average Bonchev–Trinajstić information content (AvgIpc) is 2.23. The number of hydrogen-bond donors (Lipinski definition) is 3. The first kappa shape index (κ1) is 13.5. The molecule has 1 heterocycles. The lowest BCUT2D eigenvalue weighted by atomic mass is 10.2. The lowest BCUT2D eigenvalue weighted by molar-refractivity contribution is -0.116. The van der Waals surface area contributed by atoms with Gasteiger partial charge < -0.3 is 5.32 Å². The van der Waals surface area contributed by atoms with E-state index in [0.29, 0.717) is 0 Å². The van der Waals surface area contributed by atoms with E-state index in [9.17, 15) is 13.2 Å². The van der Waals surface area contributed by atoms with Crippen LogP contribution < -0.4 is 10.0 Å². The van der Waals surface area contributed by atoms with Gasteiger partial charge in [0.1, 0.15) is 5.84 Å². The van der Waals surface area contributed by atoms with E-state index >= 15 is 0 Å². The summed E-state index contributed by atoms with van der Waals surface area (Å²) >= 11 is 0. The summed E-state index contributed by atoms with van der Waals surface area (Å²) in [4.78, 5) is 11.4. The topological polar surface area (TPSA) is 102 Å². The second-order valence-electron chi connectivity index (χ2n) is 4.03. The number of likely N-dealkylation sites (N-methyl/N-ethyl adjacent to an activating group) is 1. The summed E-state index contributed by atoms with van der Waals surface area (Å²) in [7, 11) is -2.32. The summed E-state index contributed by atoms with van der Waals surface area (Å²) in [6.45, 7) is 3.82. The lowest BCUT2D eigenvalue weighted by Crippen LogP contribution is -2.50. The normalized spacial score (nSPS) is 18.7. The number of amides is 1. The molecule has 0 fully saturated rings. The number of nitrogens with zero attached hydrogens (tertiary/aromatic N) is 1. The monoisotopic (exact) mass is 260 g/mol. The maximum atomic E-state index is 11.7. The van der Waals surface area contributed by atoms with Gasteiger partial charge in [-0.3, -0.25) is 14.9 Å². The van der Waals surface area contributed by atoms with E-state index in [1.165, 1.54) is 7.05 Å². The van der Waals surface area contributed by atoms with Gasteiger partial charge in [0.15, 0.2) is 0 Å². The third-order valence-corrected chi connectivity index (χ3v) is 3.48. The zero-order chi connectivity index (χ0) is 13.2. The van der Waals surface area contributed by atoms with Crippen LogP contribution in [0.3, 0.4) is 0 Å². The van der Waals surface area contributed by atoms with Gasteiger partial charge in [-0.05, 0) is 5.92 Å². The molecule has 0 unspecified atom stereocenters. The first-order chi connectivity index (χ1) is 7.79. The van der Waals surface area contributed by atoms with Gasteiger partial charge in [-0.15, -0.1) is 0 Å². The minimum absolute atomic E-state index is 0.00275. The Morgan fingerprint density at radius 2 is 2.18 bits per heavy atom. The molecule has 1 amide bonds. The molecule has 3 N–H and O–H groups in total. The van der Waals surface area contributed by atoms with E-state index in [4.69, 9.17) is 5.41 Å². The van der Waals surface area contributed by atoms with E-state index in [1.54, 1.807) is 0 Å². The third-order valence-electron chi connectivity index (χ3n) is 2.15. The van der Waals surface area contributed by atoms with Crippen LogP contribution in [0.15, 0.2) is 11.8 Å². The first-order valence-corrected chi connectivity index (χ1v) is 6.54. The summed E-state index contributed by atoms with van der Waals surface area (Å²) < 4.78 is 26.4. The Kier molecular flexibility index (Phi) is 3.76. The molecule has 0 aromatic rings. The van der Waals surface area contributed by atoms with Gasteiger partial charge in [0.2, 0.25) is 0 Å². The van der Waals surface area contributed by atoms with E-state index in [0.717, 1.165) is 10.5 Å². The maximum absolute atomic E-state index is 11.7. The summed E-state index contributed by atoms with van der Waals surface area (Å²) in [5.41, 5.74) is 0.00275. The molecular weight excluding hydrogens is 244 g/mol. The van der Waals surface area contributed by atoms with E-state index < -0.39 is 16.1 Å². The van der Waals surface area contributed by atoms with Crippen LogP contribution >= 0.6 is 0 Å². The Bertz CT molecular complexity index is 467. The predicted molar refractivity (Wildman–Crippen MR) is 63.5 cm³/mol. The summed E-state index contributed by atoms with van der Waals surface area (Å²) in [5, 5.41) is 10.1. The van der Waals surface area contributed by atoms with Crippen LogP contribution in [-0.2, 0) is 15.0 Å². The average molecular weight is 260 g/mol. The van der Waals surface area contributed by atoms with Crippen molar-refractivity contribution in [1.82, 2.24) is 14.3 Å². The Labute approximate surface area is 101 Å². The van der Waals surface area contributed by atoms with E-state index in [2.05, 4.69) is 10.0 Å². The smallest absolute Gasteiger partial charge is 0.324 e. The van der Waals surface area contributed by atoms with Crippen LogP contribution in [0.25, 0.3) is 0 Å². The van der Waals surface area contributed by atoms with Gasteiger partial charge >= 0.3 is 10.2 Å². The minimum Gasteiger partial charge on any atom is -0.355 e. The highest BCUT2D eigenvalue weighted by Gasteiger charge is 2.33. The summed E-state index contributed by atoms with van der Waals surface area (Å²) in [6, 6.07) is 0. The Balaban J connectivity index is 3.09. The second kappa shape index (κ2) is 4.74. The quantitative estimate of drug-likeness (QED) is 0.631. The molecule has 0 saturated carbocycles. The number of carbonyl (C=O) groups excluding carboxylic acids is 1. The van der Waals surface area contributed by atoms with Crippen LogP contribution in [0.2, 0.25) is 0 Å². The van der Waals surface area contributed by atoms with Crippen molar-refractivity contribution in [3.05, 3.63) is 11.8 Å². The molecule has 0 radical (unpaired) electrons. The molecule has 7 nitrogen and oxygen atoms in total. The van der Waals surface area contributed by atoms with Crippen LogP contribution in [-0.4, -0.2) is 38.1 Å². The fourth-order valence-electron chi connectivity index (χ4n) is 1.35. The molecule has 96 valence electrons. The molecule has 17 heavy (non-hydrogen) atoms. The SMILES string of the molecule is CNC(=O)C1=CNS(=O)(=O)N(CC(C)C)C1=N. The van der Waals surface area contributed by atoms with Crippen molar-refractivity contribution >= 4 is 22.0 Å². The zero-order valence-electron chi connectivity index (χ0n) is 9.94. The lowest BCUT2D eigenvalue weighted by Gasteiger charge is -2.29. The highest BCUT2D eigenvalue weighted by atomic mass is 32.2. The van der Waals surface area contributed by atoms with Crippen molar-refractivity contribution in [1.29, 1.82) is 5.41 Å². The van der Waals surface area contributed by atoms with Crippen LogP contribution in [0.5, 0.6) is 0 Å². The molecule has 0 aromatic carbocycles. The van der Waals surface area contributed by atoms with Gasteiger partial charge in [-0.25, -0.2) is 4.31 Å². The number of carbonyl (C=O) groups is 1. The Hall–Kier alpha value is -1.57. The van der Waals surface area contributed by atoms with Crippen LogP contribution in [0.4, 0.5) is 0 Å². The molecule has 0 bridgehead atoms. The summed E-state index contributed by atoms with van der Waals surface area (Å²) in [6.07, 6.45) is 1.04. The Morgan fingerprint density at radius 1 is 1.59 bits per heavy atom. The third kappa shape index (κ3) is 2.76. The van der Waals surface area contributed by atoms with Gasteiger partial charge in [0, 0.05) is 19.8 Å². The molecule has 8 heteroatoms. The minimum atomic E-state index is -3.74. The molecule has 1 aliphatic rings. The molecule has 0 aliphatic carbocycles. The second-order valence-corrected chi connectivity index (χ2v) is 5.66. The zero-order valence-corrected chi connectivity index (χ0v) is 10.8. The van der Waals surface area contributed by atoms with Gasteiger partial charge in [0.05, 0.1) is 5.57 Å². The van der Waals surface area contributed by atoms with Gasteiger partial charge in [-0.2, -0.15) is 8.42 Å². The maximum Gasteiger partial charge on any atom is 0.324 e.